The maximum Gasteiger partial charge on any atom is 0.0655 e. The average molecular weight is 287 g/mol. The summed E-state index contributed by atoms with van der Waals surface area (Å²) in [5, 5.41) is 9.10. The number of unbranched alkanes of at least 4 members (excludes halogenated alkanes) is 2. The lowest BCUT2D eigenvalue weighted by molar-refractivity contribution is -0.0637. The van der Waals surface area contributed by atoms with Gasteiger partial charge < -0.3 is 0 Å². The van der Waals surface area contributed by atoms with E-state index in [1.165, 1.54) is 89.9 Å². The van der Waals surface area contributed by atoms with Crippen LogP contribution in [-0.2, 0) is 0 Å². The van der Waals surface area contributed by atoms with Gasteiger partial charge in [0.25, 0.3) is 0 Å². The minimum absolute atomic E-state index is 0.373. The summed E-state index contributed by atoms with van der Waals surface area (Å²) < 4.78 is 0. The largest absolute Gasteiger partial charge is 0.198 e. The van der Waals surface area contributed by atoms with Gasteiger partial charge in [0.15, 0.2) is 0 Å². The molecule has 0 aromatic carbocycles. The molecule has 0 saturated heterocycles. The van der Waals surface area contributed by atoms with Crippen LogP contribution in [-0.4, -0.2) is 0 Å². The highest BCUT2D eigenvalue weighted by Crippen LogP contribution is 2.63. The van der Waals surface area contributed by atoms with Crippen molar-refractivity contribution in [3.05, 3.63) is 0 Å². The Bertz CT molecular complexity index is 359. The standard InChI is InChI=1S/C20H33N/c1-2-3-4-9-19-10-13-20(14-11-19,15-12-19)18-7-5-17(16-21)6-8-18/h17-18H,2-15H2,1H3/t17-,18-,19?,20?. The Morgan fingerprint density at radius 1 is 0.905 bits per heavy atom. The van der Waals surface area contributed by atoms with Crippen molar-refractivity contribution < 1.29 is 0 Å². The predicted molar refractivity (Wildman–Crippen MR) is 87.8 cm³/mol. The topological polar surface area (TPSA) is 23.8 Å². The molecular weight excluding hydrogens is 254 g/mol. The number of rotatable bonds is 5. The van der Waals surface area contributed by atoms with Crippen LogP contribution in [0.3, 0.4) is 0 Å². The van der Waals surface area contributed by atoms with E-state index in [2.05, 4.69) is 13.0 Å². The van der Waals surface area contributed by atoms with Crippen molar-refractivity contribution in [1.82, 2.24) is 0 Å². The summed E-state index contributed by atoms with van der Waals surface area (Å²) in [6.07, 6.45) is 20.0. The molecule has 0 aromatic rings. The van der Waals surface area contributed by atoms with Gasteiger partial charge in [-0.15, -0.1) is 0 Å². The Kier molecular flexibility index (Phi) is 4.63. The van der Waals surface area contributed by atoms with E-state index in [4.69, 9.17) is 5.26 Å². The molecule has 0 radical (unpaired) electrons. The van der Waals surface area contributed by atoms with Crippen molar-refractivity contribution in [1.29, 1.82) is 5.26 Å². The lowest BCUT2D eigenvalue weighted by Gasteiger charge is -2.57. The third kappa shape index (κ3) is 3.01. The highest BCUT2D eigenvalue weighted by molar-refractivity contribution is 5.03. The maximum absolute atomic E-state index is 9.10. The van der Waals surface area contributed by atoms with E-state index in [1.54, 1.807) is 0 Å². The molecule has 0 aliphatic heterocycles. The lowest BCUT2D eigenvalue weighted by Crippen LogP contribution is -2.46. The Morgan fingerprint density at radius 3 is 2.05 bits per heavy atom. The van der Waals surface area contributed by atoms with Gasteiger partial charge in [-0.3, -0.25) is 0 Å². The van der Waals surface area contributed by atoms with Crippen LogP contribution < -0.4 is 0 Å². The zero-order valence-electron chi connectivity index (χ0n) is 14.0. The van der Waals surface area contributed by atoms with Crippen molar-refractivity contribution in [3.63, 3.8) is 0 Å². The van der Waals surface area contributed by atoms with E-state index >= 15 is 0 Å². The number of nitrogens with zero attached hydrogens (tertiary/aromatic N) is 1. The number of hydrogen-bond acceptors (Lipinski definition) is 1. The second-order valence-electron chi connectivity index (χ2n) is 8.50. The molecule has 118 valence electrons. The SMILES string of the molecule is CCCCCC12CCC([C@H]3CC[C@H](C#N)CC3)(CC1)CC2. The van der Waals surface area contributed by atoms with E-state index in [9.17, 15) is 0 Å². The summed E-state index contributed by atoms with van der Waals surface area (Å²) >= 11 is 0. The fraction of sp³-hybridized carbons (Fsp3) is 0.950. The Labute approximate surface area is 131 Å². The molecule has 4 rings (SSSR count). The summed E-state index contributed by atoms with van der Waals surface area (Å²) in [7, 11) is 0. The van der Waals surface area contributed by atoms with Crippen LogP contribution in [0.4, 0.5) is 0 Å². The zero-order valence-corrected chi connectivity index (χ0v) is 14.0. The minimum atomic E-state index is 0.373. The van der Waals surface area contributed by atoms with E-state index in [0.29, 0.717) is 11.3 Å². The van der Waals surface area contributed by atoms with Gasteiger partial charge in [0, 0.05) is 5.92 Å². The third-order valence-electron chi connectivity index (χ3n) is 7.55. The molecule has 0 aromatic heterocycles. The second kappa shape index (κ2) is 6.31. The molecule has 0 N–H and O–H groups in total. The molecule has 21 heavy (non-hydrogen) atoms. The molecule has 0 spiro atoms. The van der Waals surface area contributed by atoms with Gasteiger partial charge in [-0.25, -0.2) is 0 Å². The zero-order chi connectivity index (χ0) is 14.8. The van der Waals surface area contributed by atoms with Gasteiger partial charge in [-0.1, -0.05) is 26.2 Å². The van der Waals surface area contributed by atoms with Crippen LogP contribution in [0.5, 0.6) is 0 Å². The maximum atomic E-state index is 9.10. The molecule has 0 unspecified atom stereocenters. The molecule has 1 nitrogen and oxygen atoms in total. The quantitative estimate of drug-likeness (QED) is 0.549. The van der Waals surface area contributed by atoms with Gasteiger partial charge >= 0.3 is 0 Å². The summed E-state index contributed by atoms with van der Waals surface area (Å²) in [5.74, 6) is 1.33. The van der Waals surface area contributed by atoms with E-state index in [1.807, 2.05) is 0 Å². The van der Waals surface area contributed by atoms with E-state index in [-0.39, 0.29) is 0 Å². The average Bonchev–Trinajstić information content (AvgIpc) is 2.57. The Hall–Kier alpha value is -0.510. The first kappa shape index (κ1) is 15.4. The highest BCUT2D eigenvalue weighted by Gasteiger charge is 2.51. The van der Waals surface area contributed by atoms with Crippen LogP contribution in [0.25, 0.3) is 0 Å². The first-order chi connectivity index (χ1) is 10.2. The number of fused-ring (bicyclic) bond motifs is 3. The van der Waals surface area contributed by atoms with Crippen molar-refractivity contribution >= 4 is 0 Å². The van der Waals surface area contributed by atoms with E-state index in [0.717, 1.165) is 11.3 Å². The van der Waals surface area contributed by atoms with Crippen molar-refractivity contribution in [2.24, 2.45) is 22.7 Å². The third-order valence-corrected chi connectivity index (χ3v) is 7.55. The normalized spacial score (nSPS) is 42.7. The minimum Gasteiger partial charge on any atom is -0.198 e. The lowest BCUT2D eigenvalue weighted by atomic mass is 9.47. The van der Waals surface area contributed by atoms with Crippen molar-refractivity contribution in [3.8, 4) is 6.07 Å². The van der Waals surface area contributed by atoms with E-state index < -0.39 is 0 Å². The van der Waals surface area contributed by atoms with Crippen LogP contribution >= 0.6 is 0 Å². The first-order valence-corrected chi connectivity index (χ1v) is 9.62. The molecule has 4 saturated carbocycles. The molecule has 0 atom stereocenters. The van der Waals surface area contributed by atoms with Crippen molar-refractivity contribution in [2.45, 2.75) is 96.8 Å². The predicted octanol–water partition coefficient (Wildman–Crippen LogP) is 6.24. The molecular formula is C20H33N. The fourth-order valence-corrected chi connectivity index (χ4v) is 5.86. The molecule has 1 heteroatoms. The first-order valence-electron chi connectivity index (χ1n) is 9.62. The number of hydrogen-bond donors (Lipinski definition) is 0. The molecule has 4 aliphatic rings. The summed E-state index contributed by atoms with van der Waals surface area (Å²) in [6.45, 7) is 2.32. The Morgan fingerprint density at radius 2 is 1.52 bits per heavy atom. The molecule has 4 aliphatic carbocycles. The summed E-state index contributed by atoms with van der Waals surface area (Å²) in [4.78, 5) is 0. The van der Waals surface area contributed by atoms with Gasteiger partial charge in [-0.2, -0.15) is 5.26 Å². The molecule has 2 bridgehead atoms. The molecule has 0 amide bonds. The highest BCUT2D eigenvalue weighted by atomic mass is 14.6. The Balaban J connectivity index is 1.55. The monoisotopic (exact) mass is 287 g/mol. The van der Waals surface area contributed by atoms with Crippen molar-refractivity contribution in [2.75, 3.05) is 0 Å². The second-order valence-corrected chi connectivity index (χ2v) is 8.50. The molecule has 0 heterocycles. The summed E-state index contributed by atoms with van der Waals surface area (Å²) in [6, 6.07) is 2.50. The van der Waals surface area contributed by atoms with Gasteiger partial charge in [0.05, 0.1) is 6.07 Å². The fourth-order valence-electron chi connectivity index (χ4n) is 5.86. The van der Waals surface area contributed by atoms with Crippen LogP contribution in [0, 0.1) is 34.0 Å². The summed E-state index contributed by atoms with van der Waals surface area (Å²) in [5.41, 5.74) is 1.45. The van der Waals surface area contributed by atoms with Gasteiger partial charge in [0.2, 0.25) is 0 Å². The van der Waals surface area contributed by atoms with Crippen LogP contribution in [0.2, 0.25) is 0 Å². The number of nitriles is 1. The van der Waals surface area contributed by atoms with Gasteiger partial charge in [0.1, 0.15) is 0 Å². The van der Waals surface area contributed by atoms with Gasteiger partial charge in [-0.05, 0) is 87.4 Å². The molecule has 4 fully saturated rings. The smallest absolute Gasteiger partial charge is 0.0655 e. The van der Waals surface area contributed by atoms with Crippen LogP contribution in [0.15, 0.2) is 0 Å². The van der Waals surface area contributed by atoms with Crippen LogP contribution in [0.1, 0.15) is 96.8 Å².